The van der Waals surface area contributed by atoms with Gasteiger partial charge >= 0.3 is 0 Å². The first-order valence-corrected chi connectivity index (χ1v) is 8.09. The molecule has 2 amide bonds. The summed E-state index contributed by atoms with van der Waals surface area (Å²) in [7, 11) is 0. The van der Waals surface area contributed by atoms with Gasteiger partial charge in [-0.3, -0.25) is 9.59 Å². The summed E-state index contributed by atoms with van der Waals surface area (Å²) in [6.07, 6.45) is 0.338. The quantitative estimate of drug-likeness (QED) is 0.866. The molecule has 1 heterocycles. The number of carbonyl (C=O) groups excluding carboxylic acids is 2. The van der Waals surface area contributed by atoms with E-state index in [2.05, 4.69) is 5.32 Å². The Labute approximate surface area is 144 Å². The Bertz CT molecular complexity index is 795. The van der Waals surface area contributed by atoms with Gasteiger partial charge in [-0.1, -0.05) is 30.3 Å². The van der Waals surface area contributed by atoms with Crippen LogP contribution in [0.4, 0.5) is 14.5 Å². The highest BCUT2D eigenvalue weighted by molar-refractivity contribution is 6.09. The molecular formula is C19H18F2N2O2. The van der Waals surface area contributed by atoms with Crippen molar-refractivity contribution in [3.05, 3.63) is 65.7 Å². The van der Waals surface area contributed by atoms with Gasteiger partial charge in [0.15, 0.2) is 11.6 Å². The van der Waals surface area contributed by atoms with Crippen LogP contribution in [-0.2, 0) is 9.59 Å². The Hall–Kier alpha value is -2.76. The molecule has 2 unspecified atom stereocenters. The number of nitrogens with zero attached hydrogens (tertiary/aromatic N) is 1. The number of hydrogen-bond donors (Lipinski definition) is 1. The van der Waals surface area contributed by atoms with E-state index in [1.807, 2.05) is 37.3 Å². The lowest BCUT2D eigenvalue weighted by atomic mass is 10.0. The van der Waals surface area contributed by atoms with Gasteiger partial charge in [0.25, 0.3) is 0 Å². The Morgan fingerprint density at radius 2 is 1.88 bits per heavy atom. The zero-order chi connectivity index (χ0) is 18.0. The summed E-state index contributed by atoms with van der Waals surface area (Å²) < 4.78 is 26.4. The van der Waals surface area contributed by atoms with Crippen LogP contribution in [0.1, 0.15) is 24.9 Å². The Kier molecular flexibility index (Phi) is 4.79. The highest BCUT2D eigenvalue weighted by Gasteiger charge is 2.38. The summed E-state index contributed by atoms with van der Waals surface area (Å²) >= 11 is 0. The van der Waals surface area contributed by atoms with Crippen molar-refractivity contribution in [1.29, 1.82) is 0 Å². The first-order chi connectivity index (χ1) is 12.0. The highest BCUT2D eigenvalue weighted by Crippen LogP contribution is 2.27. The van der Waals surface area contributed by atoms with Crippen LogP contribution >= 0.6 is 0 Å². The van der Waals surface area contributed by atoms with Crippen LogP contribution in [-0.4, -0.2) is 18.4 Å². The molecule has 1 fully saturated rings. The molecule has 0 saturated carbocycles. The first kappa shape index (κ1) is 17.1. The number of halogens is 2. The van der Waals surface area contributed by atoms with Gasteiger partial charge in [-0.25, -0.2) is 8.78 Å². The van der Waals surface area contributed by atoms with Gasteiger partial charge in [0.05, 0.1) is 6.04 Å². The van der Waals surface area contributed by atoms with Gasteiger partial charge < -0.3 is 10.2 Å². The van der Waals surface area contributed by atoms with Crippen molar-refractivity contribution < 1.29 is 18.4 Å². The fourth-order valence-electron chi connectivity index (χ4n) is 2.97. The third-order valence-corrected chi connectivity index (χ3v) is 4.40. The Balaban J connectivity index is 1.69. The third-order valence-electron chi connectivity index (χ3n) is 4.40. The van der Waals surface area contributed by atoms with E-state index in [4.69, 9.17) is 0 Å². The second kappa shape index (κ2) is 7.01. The van der Waals surface area contributed by atoms with Crippen LogP contribution in [0.25, 0.3) is 0 Å². The van der Waals surface area contributed by atoms with Gasteiger partial charge in [0.2, 0.25) is 11.8 Å². The van der Waals surface area contributed by atoms with E-state index in [1.165, 1.54) is 11.0 Å². The van der Waals surface area contributed by atoms with Crippen LogP contribution in [0.5, 0.6) is 0 Å². The van der Waals surface area contributed by atoms with Crippen molar-refractivity contribution >= 4 is 17.5 Å². The van der Waals surface area contributed by atoms with E-state index in [1.54, 1.807) is 0 Å². The Morgan fingerprint density at radius 3 is 2.56 bits per heavy atom. The second-order valence-corrected chi connectivity index (χ2v) is 6.07. The van der Waals surface area contributed by atoms with E-state index in [9.17, 15) is 18.4 Å². The monoisotopic (exact) mass is 344 g/mol. The molecule has 6 heteroatoms. The second-order valence-electron chi connectivity index (χ2n) is 6.07. The average molecular weight is 344 g/mol. The lowest BCUT2D eigenvalue weighted by molar-refractivity contribution is -0.132. The zero-order valence-corrected chi connectivity index (χ0v) is 13.7. The number of hydrogen-bond acceptors (Lipinski definition) is 2. The SMILES string of the molecule is CC(NC(=O)C1CCN(c2ccc(F)c(F)c2)C1=O)c1ccccc1. The molecule has 0 bridgehead atoms. The van der Waals surface area contributed by atoms with E-state index in [0.29, 0.717) is 13.0 Å². The molecule has 0 aliphatic carbocycles. The average Bonchev–Trinajstić information content (AvgIpc) is 2.99. The molecule has 0 spiro atoms. The molecule has 1 aliphatic rings. The lowest BCUT2D eigenvalue weighted by Gasteiger charge is -2.19. The molecule has 2 aromatic carbocycles. The molecule has 4 nitrogen and oxygen atoms in total. The summed E-state index contributed by atoms with van der Waals surface area (Å²) in [5.41, 5.74) is 1.20. The maximum Gasteiger partial charge on any atom is 0.239 e. The van der Waals surface area contributed by atoms with Gasteiger partial charge in [-0.15, -0.1) is 0 Å². The van der Waals surface area contributed by atoms with E-state index in [-0.39, 0.29) is 17.6 Å². The largest absolute Gasteiger partial charge is 0.349 e. The standard InChI is InChI=1S/C19H18F2N2O2/c1-12(13-5-3-2-4-6-13)22-18(24)15-9-10-23(19(15)25)14-7-8-16(20)17(21)11-14/h2-8,11-12,15H,9-10H2,1H3,(H,22,24). The number of rotatable bonds is 4. The molecule has 25 heavy (non-hydrogen) atoms. The molecule has 1 N–H and O–H groups in total. The number of nitrogens with one attached hydrogen (secondary N) is 1. The third kappa shape index (κ3) is 3.52. The fraction of sp³-hybridized carbons (Fsp3) is 0.263. The zero-order valence-electron chi connectivity index (χ0n) is 13.7. The highest BCUT2D eigenvalue weighted by atomic mass is 19.2. The first-order valence-electron chi connectivity index (χ1n) is 8.09. The molecule has 3 rings (SSSR count). The summed E-state index contributed by atoms with van der Waals surface area (Å²) in [5, 5.41) is 2.84. The molecular weight excluding hydrogens is 326 g/mol. The minimum Gasteiger partial charge on any atom is -0.349 e. The molecule has 2 atom stereocenters. The van der Waals surface area contributed by atoms with Crippen molar-refractivity contribution in [1.82, 2.24) is 5.32 Å². The van der Waals surface area contributed by atoms with Crippen LogP contribution in [0, 0.1) is 17.6 Å². The van der Waals surface area contributed by atoms with Crippen molar-refractivity contribution in [3.8, 4) is 0 Å². The molecule has 1 saturated heterocycles. The summed E-state index contributed by atoms with van der Waals surface area (Å²) in [6.45, 7) is 2.14. The molecule has 1 aliphatic heterocycles. The minimum absolute atomic E-state index is 0.223. The van der Waals surface area contributed by atoms with Crippen LogP contribution in [0.2, 0.25) is 0 Å². The maximum absolute atomic E-state index is 13.4. The molecule has 0 radical (unpaired) electrons. The van der Waals surface area contributed by atoms with Gasteiger partial charge in [0.1, 0.15) is 5.92 Å². The summed E-state index contributed by atoms with van der Waals surface area (Å²) in [5.74, 6) is -3.56. The van der Waals surface area contributed by atoms with E-state index in [0.717, 1.165) is 17.7 Å². The minimum atomic E-state index is -1.02. The molecule has 0 aromatic heterocycles. The van der Waals surface area contributed by atoms with Gasteiger partial charge in [-0.05, 0) is 31.0 Å². The number of benzene rings is 2. The van der Waals surface area contributed by atoms with Crippen LogP contribution in [0.15, 0.2) is 48.5 Å². The predicted octanol–water partition coefficient (Wildman–Crippen LogP) is 3.20. The van der Waals surface area contributed by atoms with Crippen molar-refractivity contribution in [2.24, 2.45) is 5.92 Å². The van der Waals surface area contributed by atoms with Gasteiger partial charge in [-0.2, -0.15) is 0 Å². The molecule has 130 valence electrons. The maximum atomic E-state index is 13.4. The fourth-order valence-corrected chi connectivity index (χ4v) is 2.97. The van der Waals surface area contributed by atoms with Gasteiger partial charge in [0, 0.05) is 18.3 Å². The topological polar surface area (TPSA) is 49.4 Å². The van der Waals surface area contributed by atoms with E-state index >= 15 is 0 Å². The van der Waals surface area contributed by atoms with Crippen molar-refractivity contribution in [2.45, 2.75) is 19.4 Å². The van der Waals surface area contributed by atoms with Crippen molar-refractivity contribution in [2.75, 3.05) is 11.4 Å². The Morgan fingerprint density at radius 1 is 1.16 bits per heavy atom. The lowest BCUT2D eigenvalue weighted by Crippen LogP contribution is -2.38. The number of carbonyl (C=O) groups is 2. The predicted molar refractivity (Wildman–Crippen MR) is 89.8 cm³/mol. The van der Waals surface area contributed by atoms with Crippen LogP contribution < -0.4 is 10.2 Å². The van der Waals surface area contributed by atoms with Crippen molar-refractivity contribution in [3.63, 3.8) is 0 Å². The normalized spacial score (nSPS) is 18.3. The number of amides is 2. The number of anilines is 1. The summed E-state index contributed by atoms with van der Waals surface area (Å²) in [6, 6.07) is 12.5. The van der Waals surface area contributed by atoms with Crippen LogP contribution in [0.3, 0.4) is 0 Å². The molecule has 2 aromatic rings. The smallest absolute Gasteiger partial charge is 0.239 e. The summed E-state index contributed by atoms with van der Waals surface area (Å²) in [4.78, 5) is 26.3. The van der Waals surface area contributed by atoms with E-state index < -0.39 is 23.5 Å².